The highest BCUT2D eigenvalue weighted by atomic mass is 16.5. The van der Waals surface area contributed by atoms with E-state index >= 15 is 0 Å². The summed E-state index contributed by atoms with van der Waals surface area (Å²) in [6, 6.07) is 9.99. The molecule has 0 heterocycles. The molecule has 2 nitrogen and oxygen atoms in total. The molecule has 0 aliphatic rings. The van der Waals surface area contributed by atoms with Gasteiger partial charge in [-0.15, -0.1) is 0 Å². The Bertz CT molecular complexity index is 328. The normalized spacial score (nSPS) is 12.9. The second-order valence-corrected chi connectivity index (χ2v) is 3.40. The summed E-state index contributed by atoms with van der Waals surface area (Å²) in [5.41, 5.74) is 1.14. The Hall–Kier alpha value is -1.41. The monoisotopic (exact) mass is 204 g/mol. The van der Waals surface area contributed by atoms with Crippen LogP contribution < -0.4 is 0 Å². The van der Waals surface area contributed by atoms with Crippen molar-refractivity contribution in [2.45, 2.75) is 20.0 Å². The molecule has 15 heavy (non-hydrogen) atoms. The molecule has 0 fully saturated rings. The minimum atomic E-state index is -0.314. The van der Waals surface area contributed by atoms with Crippen molar-refractivity contribution in [1.29, 1.82) is 0 Å². The Morgan fingerprint density at radius 1 is 1.40 bits per heavy atom. The molecule has 0 aliphatic carbocycles. The van der Waals surface area contributed by atoms with Gasteiger partial charge < -0.3 is 4.74 Å². The molecule has 1 rings (SSSR count). The molecule has 0 N–H and O–H groups in total. The zero-order chi connectivity index (χ0) is 11.1. The van der Waals surface area contributed by atoms with E-state index in [1.807, 2.05) is 42.5 Å². The Balaban J connectivity index is 2.32. The van der Waals surface area contributed by atoms with E-state index in [0.717, 1.165) is 5.56 Å². The highest BCUT2D eigenvalue weighted by molar-refractivity contribution is 5.79. The van der Waals surface area contributed by atoms with Crippen molar-refractivity contribution >= 4 is 11.9 Å². The Kier molecular flexibility index (Phi) is 4.78. The summed E-state index contributed by atoms with van der Waals surface area (Å²) in [6.07, 6.45) is 3.58. The van der Waals surface area contributed by atoms with Crippen molar-refractivity contribution < 1.29 is 9.53 Å². The molecule has 0 aliphatic heterocycles. The highest BCUT2D eigenvalue weighted by Gasteiger charge is 2.04. The molecule has 1 atom stereocenters. The van der Waals surface area contributed by atoms with Crippen molar-refractivity contribution in [2.75, 3.05) is 6.61 Å². The molecule has 0 spiro atoms. The van der Waals surface area contributed by atoms with Crippen molar-refractivity contribution in [2.24, 2.45) is 0 Å². The van der Waals surface area contributed by atoms with Crippen molar-refractivity contribution in [3.8, 4) is 0 Å². The van der Waals surface area contributed by atoms with Crippen LogP contribution in [0.1, 0.15) is 19.4 Å². The third-order valence-corrected chi connectivity index (χ3v) is 2.12. The fourth-order valence-electron chi connectivity index (χ4n) is 1.07. The number of Topliss-reactive ketones (excluding diaryl/α,β-unsaturated/α-hetero) is 1. The van der Waals surface area contributed by atoms with Gasteiger partial charge in [-0.2, -0.15) is 0 Å². The highest BCUT2D eigenvalue weighted by Crippen LogP contribution is 2.01. The first kappa shape index (κ1) is 11.7. The van der Waals surface area contributed by atoms with Gasteiger partial charge in [0.15, 0.2) is 5.78 Å². The largest absolute Gasteiger partial charge is 0.367 e. The Morgan fingerprint density at radius 3 is 2.67 bits per heavy atom. The summed E-state index contributed by atoms with van der Waals surface area (Å²) < 4.78 is 5.29. The number of benzene rings is 1. The summed E-state index contributed by atoms with van der Waals surface area (Å²) in [7, 11) is 0. The van der Waals surface area contributed by atoms with Gasteiger partial charge in [0.25, 0.3) is 0 Å². The topological polar surface area (TPSA) is 26.3 Å². The van der Waals surface area contributed by atoms with E-state index in [0.29, 0.717) is 6.61 Å². The van der Waals surface area contributed by atoms with Gasteiger partial charge in [0.1, 0.15) is 6.10 Å². The van der Waals surface area contributed by atoms with Crippen molar-refractivity contribution in [3.63, 3.8) is 0 Å². The van der Waals surface area contributed by atoms with Crippen LogP contribution in [0.15, 0.2) is 36.4 Å². The lowest BCUT2D eigenvalue weighted by Gasteiger charge is -2.06. The number of carbonyl (C=O) groups excluding carboxylic acids is 1. The van der Waals surface area contributed by atoms with Crippen LogP contribution in [0.4, 0.5) is 0 Å². The smallest absolute Gasteiger partial charge is 0.158 e. The molecule has 1 unspecified atom stereocenters. The Morgan fingerprint density at radius 2 is 2.07 bits per heavy atom. The minimum absolute atomic E-state index is 0.0584. The predicted octanol–water partition coefficient (Wildman–Crippen LogP) is 2.69. The second-order valence-electron chi connectivity index (χ2n) is 3.40. The first-order valence-corrected chi connectivity index (χ1v) is 5.04. The van der Waals surface area contributed by atoms with Crippen LogP contribution in [0, 0.1) is 0 Å². The van der Waals surface area contributed by atoms with E-state index in [1.165, 1.54) is 6.92 Å². The lowest BCUT2D eigenvalue weighted by atomic mass is 10.2. The van der Waals surface area contributed by atoms with Gasteiger partial charge in [-0.3, -0.25) is 4.79 Å². The summed E-state index contributed by atoms with van der Waals surface area (Å²) in [4.78, 5) is 10.9. The molecule has 1 aromatic rings. The maximum atomic E-state index is 10.9. The summed E-state index contributed by atoms with van der Waals surface area (Å²) >= 11 is 0. The van der Waals surface area contributed by atoms with Gasteiger partial charge in [-0.05, 0) is 19.4 Å². The van der Waals surface area contributed by atoms with E-state index in [-0.39, 0.29) is 11.9 Å². The molecular formula is C13H16O2. The van der Waals surface area contributed by atoms with Crippen molar-refractivity contribution in [1.82, 2.24) is 0 Å². The second kappa shape index (κ2) is 6.14. The van der Waals surface area contributed by atoms with Gasteiger partial charge in [-0.1, -0.05) is 42.5 Å². The van der Waals surface area contributed by atoms with Gasteiger partial charge in [0.2, 0.25) is 0 Å². The van der Waals surface area contributed by atoms with E-state index in [4.69, 9.17) is 4.74 Å². The maximum absolute atomic E-state index is 10.9. The summed E-state index contributed by atoms with van der Waals surface area (Å²) in [5, 5.41) is 0. The molecule has 1 aromatic carbocycles. The molecule has 2 heteroatoms. The van der Waals surface area contributed by atoms with Gasteiger partial charge in [-0.25, -0.2) is 0 Å². The average molecular weight is 204 g/mol. The van der Waals surface area contributed by atoms with Crippen molar-refractivity contribution in [3.05, 3.63) is 42.0 Å². The first-order chi connectivity index (χ1) is 7.20. The van der Waals surface area contributed by atoms with E-state index in [1.54, 1.807) is 6.92 Å². The fraction of sp³-hybridized carbons (Fsp3) is 0.308. The summed E-state index contributed by atoms with van der Waals surface area (Å²) in [6.45, 7) is 3.76. The molecule has 0 radical (unpaired) electrons. The van der Waals surface area contributed by atoms with Gasteiger partial charge in [0.05, 0.1) is 6.61 Å². The van der Waals surface area contributed by atoms with Crippen LogP contribution in [0.25, 0.3) is 6.08 Å². The molecule has 0 saturated carbocycles. The standard InChI is InChI=1S/C13H16O2/c1-11(14)12(2)15-10-6-9-13-7-4-3-5-8-13/h3-9,12H,10H2,1-2H3. The van der Waals surface area contributed by atoms with E-state index in [9.17, 15) is 4.79 Å². The SMILES string of the molecule is CC(=O)C(C)OCC=Cc1ccccc1. The molecule has 0 amide bonds. The third-order valence-electron chi connectivity index (χ3n) is 2.12. The van der Waals surface area contributed by atoms with E-state index < -0.39 is 0 Å². The molecular weight excluding hydrogens is 188 g/mol. The number of hydrogen-bond acceptors (Lipinski definition) is 2. The van der Waals surface area contributed by atoms with Crippen LogP contribution in [-0.4, -0.2) is 18.5 Å². The molecule has 0 saturated heterocycles. The quantitative estimate of drug-likeness (QED) is 0.737. The van der Waals surface area contributed by atoms with Crippen LogP contribution in [0.2, 0.25) is 0 Å². The van der Waals surface area contributed by atoms with Crippen LogP contribution in [0.5, 0.6) is 0 Å². The number of hydrogen-bond donors (Lipinski definition) is 0. The minimum Gasteiger partial charge on any atom is -0.367 e. The van der Waals surface area contributed by atoms with Gasteiger partial charge in [0, 0.05) is 0 Å². The Labute approximate surface area is 90.6 Å². The zero-order valence-corrected chi connectivity index (χ0v) is 9.14. The first-order valence-electron chi connectivity index (χ1n) is 5.04. The van der Waals surface area contributed by atoms with Crippen LogP contribution in [0.3, 0.4) is 0 Å². The predicted molar refractivity (Wildman–Crippen MR) is 61.6 cm³/mol. The summed E-state index contributed by atoms with van der Waals surface area (Å²) in [5.74, 6) is 0.0584. The van der Waals surface area contributed by atoms with Crippen LogP contribution in [-0.2, 0) is 9.53 Å². The number of ether oxygens (including phenoxy) is 1. The average Bonchev–Trinajstić information content (AvgIpc) is 2.25. The van der Waals surface area contributed by atoms with Crippen LogP contribution >= 0.6 is 0 Å². The zero-order valence-electron chi connectivity index (χ0n) is 9.14. The maximum Gasteiger partial charge on any atom is 0.158 e. The number of rotatable bonds is 5. The lowest BCUT2D eigenvalue weighted by molar-refractivity contribution is -0.126. The third kappa shape index (κ3) is 4.56. The number of carbonyl (C=O) groups is 1. The van der Waals surface area contributed by atoms with Gasteiger partial charge >= 0.3 is 0 Å². The fourth-order valence-corrected chi connectivity index (χ4v) is 1.07. The molecule has 0 aromatic heterocycles. The lowest BCUT2D eigenvalue weighted by Crippen LogP contribution is -2.17. The number of ketones is 1. The van der Waals surface area contributed by atoms with E-state index in [2.05, 4.69) is 0 Å². The molecule has 0 bridgehead atoms. The molecule has 80 valence electrons.